The summed E-state index contributed by atoms with van der Waals surface area (Å²) in [6, 6.07) is 4.24. The molecule has 0 spiro atoms. The molecule has 1 aromatic carbocycles. The number of halogens is 7. The van der Waals surface area contributed by atoms with E-state index in [1.807, 2.05) is 0 Å². The predicted octanol–water partition coefficient (Wildman–Crippen LogP) is 6.90. The van der Waals surface area contributed by atoms with E-state index in [9.17, 15) is 26.3 Å². The number of benzene rings is 1. The van der Waals surface area contributed by atoms with Crippen molar-refractivity contribution >= 4 is 24.2 Å². The molecule has 1 aromatic rings. The van der Waals surface area contributed by atoms with E-state index in [1.54, 1.807) is 12.1 Å². The van der Waals surface area contributed by atoms with Crippen LogP contribution in [-0.2, 0) is 19.2 Å². The summed E-state index contributed by atoms with van der Waals surface area (Å²) in [5, 5.41) is 0.722. The molecule has 3 rings (SSSR count). The molecule has 2 aliphatic rings. The molecule has 2 aliphatic carbocycles. The summed E-state index contributed by atoms with van der Waals surface area (Å²) < 4.78 is 86.2. The fraction of sp³-hybridized carbons (Fsp3) is 0.714. The van der Waals surface area contributed by atoms with Gasteiger partial charge in [-0.15, -0.1) is 0 Å². The fourth-order valence-corrected chi connectivity index (χ4v) is 15.8. The Hall–Kier alpha value is -0.218. The van der Waals surface area contributed by atoms with Crippen LogP contribution in [-0.4, -0.2) is 40.5 Å². The number of rotatable bonds is 8. The summed E-state index contributed by atoms with van der Waals surface area (Å²) in [5.41, 5.74) is 0.604. The number of ether oxygens (including phenoxy) is 2. The Kier molecular flexibility index (Phi) is 8.73. The molecule has 0 bridgehead atoms. The average Bonchev–Trinajstić information content (AvgIpc) is 3.39. The summed E-state index contributed by atoms with van der Waals surface area (Å²) in [5.74, 6) is -0.279. The van der Waals surface area contributed by atoms with Crippen LogP contribution >= 0.6 is 18.9 Å². The van der Waals surface area contributed by atoms with Crippen LogP contribution in [0.4, 0.5) is 26.3 Å². The molecule has 11 heteroatoms. The van der Waals surface area contributed by atoms with Crippen molar-refractivity contribution in [2.75, 3.05) is 13.2 Å². The maximum absolute atomic E-state index is 12.8. The van der Waals surface area contributed by atoms with E-state index < -0.39 is 32.8 Å². The fourth-order valence-electron chi connectivity index (χ4n) is 5.37. The van der Waals surface area contributed by atoms with Crippen molar-refractivity contribution in [1.29, 1.82) is 0 Å². The van der Waals surface area contributed by atoms with Gasteiger partial charge in [0.25, 0.3) is 0 Å². The Balaban J connectivity index is 2.08. The van der Waals surface area contributed by atoms with Gasteiger partial charge in [0.15, 0.2) is 0 Å². The third-order valence-corrected chi connectivity index (χ3v) is 15.7. The molecule has 0 radical (unpaired) electrons. The Labute approximate surface area is 200 Å². The first-order chi connectivity index (χ1) is 14.9. The summed E-state index contributed by atoms with van der Waals surface area (Å²) in [6.07, 6.45) is -1.06. The standard InChI is InChI=1S/C21H27ClF6O2P.Pd/c22-14-31(17-5-1-2-6-17,18-7-3-4-8-18)19-10-15(29-12-20(23,24)25)9-16(11-19)30-13-21(26,27)28;/h9-11,14,17-18,31H,1-8,12-13H2;. The zero-order chi connectivity index (χ0) is 23.6. The van der Waals surface area contributed by atoms with Gasteiger partial charge in [0.2, 0.25) is 0 Å². The summed E-state index contributed by atoms with van der Waals surface area (Å²) in [6.45, 7) is -3.06. The zero-order valence-corrected chi connectivity index (χ0v) is 20.6. The van der Waals surface area contributed by atoms with Crippen molar-refractivity contribution in [2.45, 2.75) is 78.6 Å². The molecular formula is C21H27ClF6O2PPd. The molecule has 2 nitrogen and oxygen atoms in total. The normalized spacial score (nSPS) is 20.5. The first-order valence-corrected chi connectivity index (χ1v) is 14.3. The maximum atomic E-state index is 12.8. The predicted molar refractivity (Wildman–Crippen MR) is 112 cm³/mol. The van der Waals surface area contributed by atoms with Gasteiger partial charge in [0, 0.05) is 0 Å². The van der Waals surface area contributed by atoms with Gasteiger partial charge in [-0.25, -0.2) is 0 Å². The Morgan fingerprint density at radius 2 is 1.19 bits per heavy atom. The SMILES string of the molecule is FC(F)(F)COc1cc(OCC(F)(F)F)cc([PH]([CH](Cl)[Pd])(C2CCCC2)C2CCCC2)c1. The molecule has 187 valence electrons. The molecule has 1 unspecified atom stereocenters. The third kappa shape index (κ3) is 6.46. The Morgan fingerprint density at radius 1 is 0.812 bits per heavy atom. The van der Waals surface area contributed by atoms with E-state index in [-0.39, 0.29) is 15.1 Å². The van der Waals surface area contributed by atoms with Gasteiger partial charge in [-0.1, -0.05) is 0 Å². The summed E-state index contributed by atoms with van der Waals surface area (Å²) in [7, 11) is -2.62. The molecule has 0 N–H and O–H groups in total. The van der Waals surface area contributed by atoms with E-state index in [0.29, 0.717) is 11.3 Å². The molecular weight excluding hydrogens is 571 g/mol. The molecule has 1 atom stereocenters. The second-order valence-electron chi connectivity index (χ2n) is 8.67. The molecule has 0 aliphatic heterocycles. The van der Waals surface area contributed by atoms with Gasteiger partial charge >= 0.3 is 201 Å². The Bertz CT molecular complexity index is 709. The average molecular weight is 598 g/mol. The Morgan fingerprint density at radius 3 is 1.50 bits per heavy atom. The van der Waals surface area contributed by atoms with Crippen LogP contribution in [0.2, 0.25) is 0 Å². The van der Waals surface area contributed by atoms with Crippen LogP contribution in [0.5, 0.6) is 11.5 Å². The molecule has 32 heavy (non-hydrogen) atoms. The molecule has 2 fully saturated rings. The van der Waals surface area contributed by atoms with Crippen molar-refractivity contribution in [3.8, 4) is 11.5 Å². The van der Waals surface area contributed by atoms with Crippen molar-refractivity contribution in [3.05, 3.63) is 18.2 Å². The van der Waals surface area contributed by atoms with Crippen molar-refractivity contribution in [1.82, 2.24) is 0 Å². The number of alkyl halides is 7. The van der Waals surface area contributed by atoms with E-state index in [1.165, 1.54) is 0 Å². The van der Waals surface area contributed by atoms with Crippen LogP contribution in [0.1, 0.15) is 51.4 Å². The second-order valence-corrected chi connectivity index (χ2v) is 16.3. The van der Waals surface area contributed by atoms with Crippen molar-refractivity contribution in [2.24, 2.45) is 0 Å². The van der Waals surface area contributed by atoms with E-state index in [0.717, 1.165) is 62.7 Å². The first kappa shape index (κ1) is 26.4. The molecule has 0 aromatic heterocycles. The van der Waals surface area contributed by atoms with E-state index in [2.05, 4.69) is 19.2 Å². The minimum atomic E-state index is -4.57. The quantitative estimate of drug-likeness (QED) is 0.140. The van der Waals surface area contributed by atoms with Gasteiger partial charge in [0.1, 0.15) is 0 Å². The van der Waals surface area contributed by atoms with Gasteiger partial charge < -0.3 is 0 Å². The van der Waals surface area contributed by atoms with Crippen molar-refractivity contribution < 1.29 is 55.0 Å². The van der Waals surface area contributed by atoms with Crippen LogP contribution in [0.25, 0.3) is 0 Å². The molecule has 0 amide bonds. The van der Waals surface area contributed by atoms with Gasteiger partial charge in [-0.3, -0.25) is 0 Å². The minimum absolute atomic E-state index is 0.140. The van der Waals surface area contributed by atoms with Gasteiger partial charge in [0.05, 0.1) is 0 Å². The monoisotopic (exact) mass is 597 g/mol. The van der Waals surface area contributed by atoms with E-state index in [4.69, 9.17) is 21.1 Å². The molecule has 0 heterocycles. The number of hydrogen-bond acceptors (Lipinski definition) is 2. The third-order valence-electron chi connectivity index (χ3n) is 6.58. The first-order valence-electron chi connectivity index (χ1n) is 10.7. The molecule has 0 saturated heterocycles. The zero-order valence-electron chi connectivity index (χ0n) is 17.3. The topological polar surface area (TPSA) is 18.5 Å². The van der Waals surface area contributed by atoms with E-state index >= 15 is 0 Å². The van der Waals surface area contributed by atoms with Crippen LogP contribution in [0.15, 0.2) is 18.2 Å². The van der Waals surface area contributed by atoms with Gasteiger partial charge in [-0.2, -0.15) is 0 Å². The van der Waals surface area contributed by atoms with Crippen LogP contribution in [0.3, 0.4) is 0 Å². The van der Waals surface area contributed by atoms with Gasteiger partial charge in [-0.05, 0) is 0 Å². The van der Waals surface area contributed by atoms with Crippen LogP contribution < -0.4 is 14.8 Å². The molecule has 2 saturated carbocycles. The van der Waals surface area contributed by atoms with Crippen molar-refractivity contribution in [3.63, 3.8) is 0 Å². The summed E-state index contributed by atoms with van der Waals surface area (Å²) in [4.78, 5) is 0. The number of hydrogen-bond donors (Lipinski definition) is 0. The van der Waals surface area contributed by atoms with Crippen LogP contribution in [0, 0.1) is 0 Å². The second kappa shape index (κ2) is 10.6. The summed E-state index contributed by atoms with van der Waals surface area (Å²) >= 11 is 10.1.